The number of anilines is 1. The molecule has 0 fully saturated rings. The normalized spacial score (nSPS) is 14.8. The van der Waals surface area contributed by atoms with Gasteiger partial charge in [-0.1, -0.05) is 41.7 Å². The van der Waals surface area contributed by atoms with Gasteiger partial charge in [-0.3, -0.25) is 9.52 Å². The number of sulfonamides is 1. The summed E-state index contributed by atoms with van der Waals surface area (Å²) < 4.78 is 36.1. The van der Waals surface area contributed by atoms with E-state index in [1.807, 2.05) is 24.3 Å². The molecule has 11 heteroatoms. The van der Waals surface area contributed by atoms with Crippen LogP contribution in [-0.4, -0.2) is 40.9 Å². The van der Waals surface area contributed by atoms with Crippen LogP contribution in [0.1, 0.15) is 22.3 Å². The first-order chi connectivity index (χ1) is 17.4. The zero-order valence-electron chi connectivity index (χ0n) is 19.0. The number of aromatic nitrogens is 4. The van der Waals surface area contributed by atoms with E-state index < -0.39 is 10.0 Å². The molecule has 5 aromatic rings. The lowest BCUT2D eigenvalue weighted by Crippen LogP contribution is -2.15. The van der Waals surface area contributed by atoms with Crippen LogP contribution in [0, 0.1) is 0 Å². The maximum absolute atomic E-state index is 13.2. The second kappa shape index (κ2) is 8.54. The van der Waals surface area contributed by atoms with Crippen LogP contribution in [0.4, 0.5) is 5.69 Å². The lowest BCUT2D eigenvalue weighted by molar-refractivity contribution is 0.0982. The lowest BCUT2D eigenvalue weighted by Gasteiger charge is -2.13. The van der Waals surface area contributed by atoms with Gasteiger partial charge in [-0.2, -0.15) is 5.10 Å². The molecular formula is C25H19N5O4S2. The molecule has 8 bridgehead atoms. The predicted octanol–water partition coefficient (Wildman–Crippen LogP) is 4.46. The van der Waals surface area contributed by atoms with Crippen LogP contribution in [-0.2, 0) is 16.4 Å². The van der Waals surface area contributed by atoms with Crippen molar-refractivity contribution >= 4 is 37.8 Å². The summed E-state index contributed by atoms with van der Waals surface area (Å²) >= 11 is 1.36. The SMILES string of the molecule is COc1ncc2cc1NS(=O)(=O)c1cccc(c1)C(=O)CCc1cccc(c1)-c1cnc3sc-2nn13. The third-order valence-electron chi connectivity index (χ3n) is 5.95. The Bertz CT molecular complexity index is 1760. The standard InChI is InChI=1S/C25H19N5O4S2/c1-34-23-20-12-18(13-26-23)24-28-30-21(14-27-25(30)35-24)16-5-2-4-15(10-16)8-9-22(31)17-6-3-7-19(11-17)36(32,33)29-20/h2-7,10-14,29H,8-9H2,1H3. The van der Waals surface area contributed by atoms with Crippen molar-refractivity contribution in [2.45, 2.75) is 17.7 Å². The van der Waals surface area contributed by atoms with E-state index in [0.717, 1.165) is 16.8 Å². The number of carbonyl (C=O) groups excluding carboxylic acids is 1. The van der Waals surface area contributed by atoms with Gasteiger partial charge in [0.1, 0.15) is 10.7 Å². The van der Waals surface area contributed by atoms with E-state index >= 15 is 0 Å². The number of hydrogen-bond acceptors (Lipinski definition) is 8. The van der Waals surface area contributed by atoms with Gasteiger partial charge < -0.3 is 4.74 Å². The fourth-order valence-corrected chi connectivity index (χ4v) is 6.09. The molecule has 180 valence electrons. The molecule has 0 atom stereocenters. The van der Waals surface area contributed by atoms with E-state index in [9.17, 15) is 13.2 Å². The molecule has 1 aliphatic heterocycles. The molecule has 4 heterocycles. The number of ether oxygens (including phenoxy) is 1. The van der Waals surface area contributed by atoms with Crippen LogP contribution >= 0.6 is 11.3 Å². The van der Waals surface area contributed by atoms with Crippen molar-refractivity contribution in [2.24, 2.45) is 0 Å². The third-order valence-corrected chi connectivity index (χ3v) is 8.29. The number of rotatable bonds is 1. The maximum Gasteiger partial charge on any atom is 0.262 e. The van der Waals surface area contributed by atoms with Gasteiger partial charge in [-0.05, 0) is 36.2 Å². The number of hydrogen-bond donors (Lipinski definition) is 1. The highest BCUT2D eigenvalue weighted by Gasteiger charge is 2.21. The van der Waals surface area contributed by atoms with E-state index in [-0.39, 0.29) is 28.7 Å². The Labute approximate surface area is 210 Å². The Hall–Kier alpha value is -4.09. The zero-order valence-corrected chi connectivity index (χ0v) is 20.6. The third kappa shape index (κ3) is 3.91. The van der Waals surface area contributed by atoms with Crippen molar-refractivity contribution in [3.63, 3.8) is 0 Å². The molecule has 36 heavy (non-hydrogen) atoms. The second-order valence-corrected chi connectivity index (χ2v) is 10.9. The van der Waals surface area contributed by atoms with Crippen molar-refractivity contribution in [1.29, 1.82) is 0 Å². The summed E-state index contributed by atoms with van der Waals surface area (Å²) in [5.74, 6) is -0.0292. The summed E-state index contributed by atoms with van der Waals surface area (Å²) in [6.07, 6.45) is 4.10. The highest BCUT2D eigenvalue weighted by Crippen LogP contribution is 2.34. The average molecular weight is 518 g/mol. The van der Waals surface area contributed by atoms with Crippen molar-refractivity contribution in [3.05, 3.63) is 78.1 Å². The van der Waals surface area contributed by atoms with Crippen LogP contribution in [0.2, 0.25) is 0 Å². The molecule has 0 saturated carbocycles. The van der Waals surface area contributed by atoms with Crippen molar-refractivity contribution in [1.82, 2.24) is 19.6 Å². The molecule has 2 aromatic carbocycles. The van der Waals surface area contributed by atoms with Gasteiger partial charge in [0.15, 0.2) is 5.78 Å². The Kier molecular flexibility index (Phi) is 5.31. The topological polar surface area (TPSA) is 116 Å². The number of aryl methyl sites for hydroxylation is 1. The van der Waals surface area contributed by atoms with Gasteiger partial charge in [0.25, 0.3) is 10.0 Å². The van der Waals surface area contributed by atoms with E-state index in [2.05, 4.69) is 14.7 Å². The van der Waals surface area contributed by atoms with Crippen LogP contribution in [0.25, 0.3) is 26.8 Å². The van der Waals surface area contributed by atoms with Crippen molar-refractivity contribution < 1.29 is 17.9 Å². The molecule has 9 nitrogen and oxygen atoms in total. The van der Waals surface area contributed by atoms with Gasteiger partial charge in [0, 0.05) is 29.3 Å². The summed E-state index contributed by atoms with van der Waals surface area (Å²) in [4.78, 5) is 22.4. The zero-order chi connectivity index (χ0) is 24.9. The molecule has 0 aliphatic carbocycles. The lowest BCUT2D eigenvalue weighted by atomic mass is 10.0. The molecule has 0 amide bonds. The maximum atomic E-state index is 13.2. The predicted molar refractivity (Wildman–Crippen MR) is 136 cm³/mol. The first kappa shape index (κ1) is 22.4. The Morgan fingerprint density at radius 1 is 0.972 bits per heavy atom. The number of methoxy groups -OCH3 is 1. The van der Waals surface area contributed by atoms with Crippen LogP contribution in [0.5, 0.6) is 5.88 Å². The van der Waals surface area contributed by atoms with Crippen LogP contribution < -0.4 is 9.46 Å². The second-order valence-electron chi connectivity index (χ2n) is 8.28. The molecule has 1 aliphatic rings. The summed E-state index contributed by atoms with van der Waals surface area (Å²) in [5, 5.41) is 5.35. The summed E-state index contributed by atoms with van der Waals surface area (Å²) in [6.45, 7) is 0. The number of nitrogens with zero attached hydrogens (tertiary/aromatic N) is 4. The Morgan fingerprint density at radius 3 is 2.67 bits per heavy atom. The van der Waals surface area contributed by atoms with Gasteiger partial charge in [0.05, 0.1) is 23.9 Å². The molecule has 0 saturated heterocycles. The molecular weight excluding hydrogens is 498 g/mol. The minimum Gasteiger partial charge on any atom is -0.480 e. The van der Waals surface area contributed by atoms with Gasteiger partial charge in [-0.15, -0.1) is 0 Å². The summed E-state index contributed by atoms with van der Waals surface area (Å²) in [6, 6.07) is 15.6. The molecule has 0 spiro atoms. The number of ketones is 1. The first-order valence-electron chi connectivity index (χ1n) is 11.1. The number of pyridine rings is 1. The fourth-order valence-electron chi connectivity index (χ4n) is 4.14. The van der Waals surface area contributed by atoms with E-state index in [1.165, 1.54) is 30.6 Å². The largest absolute Gasteiger partial charge is 0.480 e. The molecule has 0 radical (unpaired) electrons. The van der Waals surface area contributed by atoms with Crippen molar-refractivity contribution in [3.8, 4) is 27.7 Å². The number of Topliss-reactive ketones (excluding diaryl/α,β-unsaturated/α-hetero) is 1. The highest BCUT2D eigenvalue weighted by atomic mass is 32.2. The van der Waals surface area contributed by atoms with E-state index in [4.69, 9.17) is 9.84 Å². The van der Waals surface area contributed by atoms with Gasteiger partial charge in [-0.25, -0.2) is 22.9 Å². The summed E-state index contributed by atoms with van der Waals surface area (Å²) in [5.41, 5.74) is 3.84. The Morgan fingerprint density at radius 2 is 1.81 bits per heavy atom. The number of fused-ring (bicyclic) bond motifs is 9. The van der Waals surface area contributed by atoms with E-state index in [0.29, 0.717) is 27.5 Å². The highest BCUT2D eigenvalue weighted by molar-refractivity contribution is 7.92. The molecule has 0 unspecified atom stereocenters. The van der Waals surface area contributed by atoms with Crippen molar-refractivity contribution in [2.75, 3.05) is 11.8 Å². The average Bonchev–Trinajstić information content (AvgIpc) is 3.48. The minimum absolute atomic E-state index is 0.0266. The van der Waals surface area contributed by atoms with Gasteiger partial charge >= 0.3 is 0 Å². The summed E-state index contributed by atoms with van der Waals surface area (Å²) in [7, 11) is -2.62. The molecule has 1 N–H and O–H groups in total. The monoisotopic (exact) mass is 517 g/mol. The van der Waals surface area contributed by atoms with Crippen LogP contribution in [0.15, 0.2) is 71.9 Å². The first-order valence-corrected chi connectivity index (χ1v) is 13.4. The Balaban J connectivity index is 1.56. The smallest absolute Gasteiger partial charge is 0.262 e. The number of imidazole rings is 1. The number of carbonyl (C=O) groups is 1. The number of benzene rings is 2. The minimum atomic E-state index is -4.03. The molecule has 6 rings (SSSR count). The molecule has 3 aromatic heterocycles. The quantitative estimate of drug-likeness (QED) is 0.349. The fraction of sp³-hybridized carbons (Fsp3) is 0.120. The van der Waals surface area contributed by atoms with Crippen LogP contribution in [0.3, 0.4) is 0 Å². The number of nitrogens with one attached hydrogen (secondary N) is 1. The van der Waals surface area contributed by atoms with Gasteiger partial charge in [0.2, 0.25) is 10.8 Å². The van der Waals surface area contributed by atoms with E-state index in [1.54, 1.807) is 35.1 Å².